The van der Waals surface area contributed by atoms with Crippen LogP contribution >= 0.6 is 0 Å². The van der Waals surface area contributed by atoms with E-state index in [-0.39, 0.29) is 23.8 Å². The second kappa shape index (κ2) is 10.5. The third-order valence-electron chi connectivity index (χ3n) is 7.12. The number of esters is 1. The minimum absolute atomic E-state index is 0.00155. The summed E-state index contributed by atoms with van der Waals surface area (Å²) in [6, 6.07) is 14.5. The Hall–Kier alpha value is -2.99. The van der Waals surface area contributed by atoms with Crippen molar-refractivity contribution in [1.82, 2.24) is 9.91 Å². The lowest BCUT2D eigenvalue weighted by atomic mass is 9.94. The van der Waals surface area contributed by atoms with E-state index in [2.05, 4.69) is 56.0 Å². The predicted molar refractivity (Wildman–Crippen MR) is 134 cm³/mol. The third-order valence-corrected chi connectivity index (χ3v) is 7.12. The standard InChI is InChI=1S/C28H35N3O3/c1-5-34-28(33)22-12-14-30(15-13-22)18-27(32)31-26(24-9-7-6-8-20(24)3)17-25(29-31)23-11-10-19(2)21(4)16-23/h6-11,16,22,26H,5,12-15,17-18H2,1-4H3/t26-/m0/s1. The van der Waals surface area contributed by atoms with Crippen molar-refractivity contribution < 1.29 is 14.3 Å². The molecule has 2 aromatic carbocycles. The van der Waals surface area contributed by atoms with E-state index in [1.54, 1.807) is 5.01 Å². The van der Waals surface area contributed by atoms with Crippen LogP contribution in [-0.4, -0.2) is 53.7 Å². The maximum absolute atomic E-state index is 13.5. The second-order valence-electron chi connectivity index (χ2n) is 9.46. The molecule has 1 amide bonds. The molecule has 0 saturated carbocycles. The molecule has 34 heavy (non-hydrogen) atoms. The molecule has 0 spiro atoms. The number of hydrogen-bond donors (Lipinski definition) is 0. The molecule has 1 saturated heterocycles. The number of piperidine rings is 1. The fourth-order valence-corrected chi connectivity index (χ4v) is 4.89. The van der Waals surface area contributed by atoms with E-state index in [9.17, 15) is 9.59 Å². The van der Waals surface area contributed by atoms with Gasteiger partial charge in [-0.2, -0.15) is 5.10 Å². The van der Waals surface area contributed by atoms with Crippen LogP contribution in [0.1, 0.15) is 60.0 Å². The van der Waals surface area contributed by atoms with Crippen molar-refractivity contribution in [1.29, 1.82) is 0 Å². The van der Waals surface area contributed by atoms with Gasteiger partial charge in [0.1, 0.15) is 0 Å². The summed E-state index contributed by atoms with van der Waals surface area (Å²) in [6.07, 6.45) is 2.15. The van der Waals surface area contributed by atoms with Gasteiger partial charge >= 0.3 is 5.97 Å². The highest BCUT2D eigenvalue weighted by Crippen LogP contribution is 2.35. The highest BCUT2D eigenvalue weighted by atomic mass is 16.5. The first-order valence-corrected chi connectivity index (χ1v) is 12.3. The molecule has 0 bridgehead atoms. The van der Waals surface area contributed by atoms with E-state index in [0.29, 0.717) is 32.7 Å². The predicted octanol–water partition coefficient (Wildman–Crippen LogP) is 4.56. The number of hydrogen-bond acceptors (Lipinski definition) is 5. The van der Waals surface area contributed by atoms with Crippen LogP contribution in [0.25, 0.3) is 0 Å². The first kappa shape index (κ1) is 24.1. The van der Waals surface area contributed by atoms with Crippen molar-refractivity contribution in [3.05, 3.63) is 70.3 Å². The molecule has 2 aliphatic heterocycles. The molecule has 180 valence electrons. The molecule has 1 atom stereocenters. The summed E-state index contributed by atoms with van der Waals surface area (Å²) in [4.78, 5) is 27.7. The van der Waals surface area contributed by atoms with E-state index in [1.165, 1.54) is 11.1 Å². The fourth-order valence-electron chi connectivity index (χ4n) is 4.89. The molecule has 0 radical (unpaired) electrons. The molecule has 0 unspecified atom stereocenters. The molecule has 0 aliphatic carbocycles. The number of benzene rings is 2. The van der Waals surface area contributed by atoms with Crippen molar-refractivity contribution in [2.75, 3.05) is 26.2 Å². The fraction of sp³-hybridized carbons (Fsp3) is 0.464. The number of likely N-dealkylation sites (tertiary alicyclic amines) is 1. The van der Waals surface area contributed by atoms with Crippen LogP contribution in [0.2, 0.25) is 0 Å². The molecule has 0 aromatic heterocycles. The Bertz CT molecular complexity index is 1090. The zero-order valence-corrected chi connectivity index (χ0v) is 20.7. The number of rotatable bonds is 6. The summed E-state index contributed by atoms with van der Waals surface area (Å²) in [5, 5.41) is 6.56. The Morgan fingerprint density at radius 2 is 1.74 bits per heavy atom. The van der Waals surface area contributed by atoms with Crippen LogP contribution in [0.4, 0.5) is 0 Å². The van der Waals surface area contributed by atoms with Crippen molar-refractivity contribution in [3.8, 4) is 0 Å². The quantitative estimate of drug-likeness (QED) is 0.592. The SMILES string of the molecule is CCOC(=O)C1CCN(CC(=O)N2N=C(c3ccc(C)c(C)c3)C[C@H]2c2ccccc2C)CC1. The van der Waals surface area contributed by atoms with Gasteiger partial charge in [-0.05, 0) is 87.5 Å². The van der Waals surface area contributed by atoms with Crippen molar-refractivity contribution in [3.63, 3.8) is 0 Å². The molecular weight excluding hydrogens is 426 g/mol. The van der Waals surface area contributed by atoms with E-state index in [1.807, 2.05) is 19.1 Å². The van der Waals surface area contributed by atoms with Gasteiger partial charge in [-0.3, -0.25) is 14.5 Å². The van der Waals surface area contributed by atoms with Crippen LogP contribution in [0.15, 0.2) is 47.6 Å². The second-order valence-corrected chi connectivity index (χ2v) is 9.46. The average molecular weight is 462 g/mol. The van der Waals surface area contributed by atoms with Crippen molar-refractivity contribution in [2.24, 2.45) is 11.0 Å². The largest absolute Gasteiger partial charge is 0.466 e. The molecule has 2 aliphatic rings. The van der Waals surface area contributed by atoms with E-state index >= 15 is 0 Å². The van der Waals surface area contributed by atoms with Crippen LogP contribution in [-0.2, 0) is 14.3 Å². The van der Waals surface area contributed by atoms with E-state index < -0.39 is 0 Å². The van der Waals surface area contributed by atoms with Gasteiger partial charge in [-0.1, -0.05) is 36.4 Å². The van der Waals surface area contributed by atoms with Gasteiger partial charge < -0.3 is 4.74 Å². The van der Waals surface area contributed by atoms with Gasteiger partial charge in [-0.25, -0.2) is 5.01 Å². The van der Waals surface area contributed by atoms with E-state index in [4.69, 9.17) is 9.84 Å². The number of nitrogens with zero attached hydrogens (tertiary/aromatic N) is 3. The Morgan fingerprint density at radius 1 is 1.00 bits per heavy atom. The Labute approximate surface area is 202 Å². The summed E-state index contributed by atoms with van der Waals surface area (Å²) < 4.78 is 5.17. The summed E-state index contributed by atoms with van der Waals surface area (Å²) in [5.74, 6) is -0.177. The number of carbonyl (C=O) groups is 2. The summed E-state index contributed by atoms with van der Waals surface area (Å²) in [5.41, 5.74) is 6.80. The third kappa shape index (κ3) is 5.22. The zero-order chi connectivity index (χ0) is 24.2. The minimum Gasteiger partial charge on any atom is -0.466 e. The topological polar surface area (TPSA) is 62.2 Å². The highest BCUT2D eigenvalue weighted by molar-refractivity contribution is 6.03. The van der Waals surface area contributed by atoms with Crippen molar-refractivity contribution in [2.45, 2.75) is 53.0 Å². The molecule has 6 heteroatoms. The van der Waals surface area contributed by atoms with Crippen LogP contribution < -0.4 is 0 Å². The molecule has 1 fully saturated rings. The van der Waals surface area contributed by atoms with Gasteiger partial charge in [0.15, 0.2) is 0 Å². The number of hydrazone groups is 1. The van der Waals surface area contributed by atoms with Gasteiger partial charge in [0.2, 0.25) is 0 Å². The Balaban J connectivity index is 1.52. The average Bonchev–Trinajstić information content (AvgIpc) is 3.27. The van der Waals surface area contributed by atoms with Crippen LogP contribution in [0.5, 0.6) is 0 Å². The monoisotopic (exact) mass is 461 g/mol. The Kier molecular flexibility index (Phi) is 7.47. The number of amides is 1. The maximum atomic E-state index is 13.5. The Morgan fingerprint density at radius 3 is 2.41 bits per heavy atom. The van der Waals surface area contributed by atoms with E-state index in [0.717, 1.165) is 35.2 Å². The first-order chi connectivity index (χ1) is 16.4. The lowest BCUT2D eigenvalue weighted by Crippen LogP contribution is -2.43. The summed E-state index contributed by atoms with van der Waals surface area (Å²) in [6.45, 7) is 10.3. The molecule has 4 rings (SSSR count). The summed E-state index contributed by atoms with van der Waals surface area (Å²) in [7, 11) is 0. The minimum atomic E-state index is -0.115. The first-order valence-electron chi connectivity index (χ1n) is 12.3. The van der Waals surface area contributed by atoms with Crippen LogP contribution in [0, 0.1) is 26.7 Å². The molecule has 0 N–H and O–H groups in total. The molecule has 2 heterocycles. The number of ether oxygens (including phenoxy) is 1. The highest BCUT2D eigenvalue weighted by Gasteiger charge is 2.35. The lowest BCUT2D eigenvalue weighted by Gasteiger charge is -2.32. The number of aryl methyl sites for hydroxylation is 3. The van der Waals surface area contributed by atoms with Gasteiger partial charge in [-0.15, -0.1) is 0 Å². The van der Waals surface area contributed by atoms with Gasteiger partial charge in [0, 0.05) is 6.42 Å². The maximum Gasteiger partial charge on any atom is 0.309 e. The normalized spacial score (nSPS) is 19.2. The molecule has 6 nitrogen and oxygen atoms in total. The zero-order valence-electron chi connectivity index (χ0n) is 20.7. The molecule has 2 aromatic rings. The molecular formula is C28H35N3O3. The van der Waals surface area contributed by atoms with Crippen molar-refractivity contribution >= 4 is 17.6 Å². The number of carbonyl (C=O) groups excluding carboxylic acids is 2. The summed E-state index contributed by atoms with van der Waals surface area (Å²) >= 11 is 0. The smallest absolute Gasteiger partial charge is 0.309 e. The van der Waals surface area contributed by atoms with Crippen LogP contribution in [0.3, 0.4) is 0 Å². The lowest BCUT2D eigenvalue weighted by molar-refractivity contribution is -0.149. The van der Waals surface area contributed by atoms with Gasteiger partial charge in [0.05, 0.1) is 30.8 Å². The van der Waals surface area contributed by atoms with Gasteiger partial charge in [0.25, 0.3) is 5.91 Å².